The van der Waals surface area contributed by atoms with Crippen LogP contribution in [0.3, 0.4) is 0 Å². The van der Waals surface area contributed by atoms with Gasteiger partial charge in [-0.2, -0.15) is 5.10 Å². The van der Waals surface area contributed by atoms with Crippen molar-refractivity contribution in [3.8, 4) is 5.69 Å². The first kappa shape index (κ1) is 20.6. The zero-order valence-corrected chi connectivity index (χ0v) is 17.8. The molecule has 2 aromatic carbocycles. The maximum Gasteiger partial charge on any atom is 0.254 e. The number of aryl methyl sites for hydroxylation is 1. The zero-order chi connectivity index (χ0) is 21.1. The van der Waals surface area contributed by atoms with Gasteiger partial charge in [0.2, 0.25) is 0 Å². The molecule has 5 nitrogen and oxygen atoms in total. The number of aliphatic hydroxyl groups is 1. The molecule has 1 aromatic heterocycles. The molecule has 1 heterocycles. The first-order valence-electron chi connectivity index (χ1n) is 10.3. The van der Waals surface area contributed by atoms with Gasteiger partial charge in [-0.05, 0) is 49.4 Å². The number of carbonyl (C=O) groups excluding carboxylic acids is 1. The highest BCUT2D eigenvalue weighted by molar-refractivity contribution is 6.31. The van der Waals surface area contributed by atoms with Gasteiger partial charge in [0.1, 0.15) is 0 Å². The summed E-state index contributed by atoms with van der Waals surface area (Å²) in [6, 6.07) is 15.8. The molecule has 0 bridgehead atoms. The molecule has 0 spiro atoms. The van der Waals surface area contributed by atoms with E-state index in [-0.39, 0.29) is 18.4 Å². The van der Waals surface area contributed by atoms with E-state index >= 15 is 0 Å². The monoisotopic (exact) mass is 423 g/mol. The van der Waals surface area contributed by atoms with E-state index in [1.165, 1.54) is 0 Å². The van der Waals surface area contributed by atoms with Crippen LogP contribution in [0.4, 0.5) is 0 Å². The van der Waals surface area contributed by atoms with Gasteiger partial charge in [-0.15, -0.1) is 0 Å². The van der Waals surface area contributed by atoms with E-state index in [0.717, 1.165) is 35.3 Å². The van der Waals surface area contributed by atoms with Crippen LogP contribution < -0.4 is 5.32 Å². The van der Waals surface area contributed by atoms with Crippen molar-refractivity contribution in [2.75, 3.05) is 13.2 Å². The number of nitrogens with zero attached hydrogens (tertiary/aromatic N) is 2. The molecule has 0 saturated heterocycles. The molecule has 1 saturated carbocycles. The molecule has 3 aromatic rings. The minimum atomic E-state index is -0.145. The molecule has 1 aliphatic rings. The summed E-state index contributed by atoms with van der Waals surface area (Å²) < 4.78 is 1.84. The molecule has 0 aliphatic heterocycles. The Morgan fingerprint density at radius 2 is 2.03 bits per heavy atom. The zero-order valence-electron chi connectivity index (χ0n) is 17.0. The number of nitrogens with one attached hydrogen (secondary N) is 1. The van der Waals surface area contributed by atoms with E-state index in [1.807, 2.05) is 60.1 Å². The minimum Gasteiger partial charge on any atom is -0.396 e. The standard InChI is InChI=1S/C24H26ClN3O2/c1-16-7-10-20(12-22(16)25)28-23(19-8-9-19)21(14-27-28)24(30)26-13-18(15-29)11-17-5-3-2-4-6-17/h2-7,10,12,14,18-19,29H,8-9,11,13,15H2,1H3,(H,26,30). The average molecular weight is 424 g/mol. The number of hydrogen-bond acceptors (Lipinski definition) is 3. The van der Waals surface area contributed by atoms with Crippen molar-refractivity contribution in [2.24, 2.45) is 5.92 Å². The van der Waals surface area contributed by atoms with Crippen molar-refractivity contribution >= 4 is 17.5 Å². The minimum absolute atomic E-state index is 0.0196. The Labute approximate surface area is 181 Å². The number of amides is 1. The number of halogens is 1. The fourth-order valence-electron chi connectivity index (χ4n) is 3.68. The van der Waals surface area contributed by atoms with Crippen LogP contribution in [0.1, 0.15) is 45.9 Å². The van der Waals surface area contributed by atoms with Crippen LogP contribution in [0.25, 0.3) is 5.69 Å². The lowest BCUT2D eigenvalue weighted by Gasteiger charge is -2.15. The fraction of sp³-hybridized carbons (Fsp3) is 0.333. The molecule has 4 rings (SSSR count). The molecule has 1 atom stereocenters. The molecular formula is C24H26ClN3O2. The number of benzene rings is 2. The van der Waals surface area contributed by atoms with Crippen molar-refractivity contribution in [1.29, 1.82) is 0 Å². The Kier molecular flexibility index (Phi) is 6.21. The molecule has 2 N–H and O–H groups in total. The van der Waals surface area contributed by atoms with Crippen molar-refractivity contribution in [2.45, 2.75) is 32.1 Å². The van der Waals surface area contributed by atoms with Gasteiger partial charge in [-0.3, -0.25) is 4.79 Å². The summed E-state index contributed by atoms with van der Waals surface area (Å²) in [7, 11) is 0. The predicted octanol–water partition coefficient (Wildman–Crippen LogP) is 4.29. The second-order valence-electron chi connectivity index (χ2n) is 8.01. The molecule has 1 fully saturated rings. The quantitative estimate of drug-likeness (QED) is 0.567. The Bertz CT molecular complexity index is 1030. The highest BCUT2D eigenvalue weighted by Crippen LogP contribution is 2.42. The van der Waals surface area contributed by atoms with Crippen molar-refractivity contribution in [3.05, 3.63) is 82.1 Å². The summed E-state index contributed by atoms with van der Waals surface area (Å²) in [5.41, 5.74) is 4.56. The predicted molar refractivity (Wildman–Crippen MR) is 118 cm³/mol. The van der Waals surface area contributed by atoms with E-state index < -0.39 is 0 Å². The summed E-state index contributed by atoms with van der Waals surface area (Å²) in [5.74, 6) is 0.158. The number of rotatable bonds is 8. The second-order valence-corrected chi connectivity index (χ2v) is 8.42. The molecule has 1 amide bonds. The van der Waals surface area contributed by atoms with Crippen molar-refractivity contribution in [3.63, 3.8) is 0 Å². The van der Waals surface area contributed by atoms with Gasteiger partial charge < -0.3 is 10.4 Å². The Morgan fingerprint density at radius 3 is 2.70 bits per heavy atom. The van der Waals surface area contributed by atoms with Gasteiger partial charge in [0, 0.05) is 30.0 Å². The van der Waals surface area contributed by atoms with Gasteiger partial charge in [-0.1, -0.05) is 48.0 Å². The van der Waals surface area contributed by atoms with Crippen LogP contribution in [0.15, 0.2) is 54.7 Å². The van der Waals surface area contributed by atoms with Crippen LogP contribution in [0.2, 0.25) is 5.02 Å². The summed E-state index contributed by atoms with van der Waals surface area (Å²) >= 11 is 6.30. The van der Waals surface area contributed by atoms with Crippen LogP contribution >= 0.6 is 11.6 Å². The van der Waals surface area contributed by atoms with E-state index in [0.29, 0.717) is 29.5 Å². The third-order valence-electron chi connectivity index (χ3n) is 5.59. The molecule has 156 valence electrons. The Hall–Kier alpha value is -2.63. The first-order valence-corrected chi connectivity index (χ1v) is 10.7. The van der Waals surface area contributed by atoms with E-state index in [2.05, 4.69) is 10.4 Å². The highest BCUT2D eigenvalue weighted by Gasteiger charge is 2.33. The maximum absolute atomic E-state index is 13.0. The third-order valence-corrected chi connectivity index (χ3v) is 6.00. The van der Waals surface area contributed by atoms with Crippen LogP contribution in [0, 0.1) is 12.8 Å². The normalized spacial score (nSPS) is 14.5. The lowest BCUT2D eigenvalue weighted by molar-refractivity contribution is 0.0939. The van der Waals surface area contributed by atoms with E-state index in [1.54, 1.807) is 6.20 Å². The SMILES string of the molecule is Cc1ccc(-n2ncc(C(=O)NCC(CO)Cc3ccccc3)c2C2CC2)cc1Cl. The van der Waals surface area contributed by atoms with Crippen LogP contribution in [-0.4, -0.2) is 33.9 Å². The smallest absolute Gasteiger partial charge is 0.254 e. The number of hydrogen-bond donors (Lipinski definition) is 2. The number of aliphatic hydroxyl groups excluding tert-OH is 1. The lowest BCUT2D eigenvalue weighted by atomic mass is 10.00. The number of carbonyl (C=O) groups is 1. The first-order chi connectivity index (χ1) is 14.6. The molecule has 1 unspecified atom stereocenters. The van der Waals surface area contributed by atoms with Crippen molar-refractivity contribution < 1.29 is 9.90 Å². The third kappa shape index (κ3) is 4.58. The summed E-state index contributed by atoms with van der Waals surface area (Å²) in [6.45, 7) is 2.39. The molecule has 6 heteroatoms. The van der Waals surface area contributed by atoms with E-state index in [9.17, 15) is 9.90 Å². The largest absolute Gasteiger partial charge is 0.396 e. The fourth-order valence-corrected chi connectivity index (χ4v) is 3.86. The van der Waals surface area contributed by atoms with Crippen molar-refractivity contribution in [1.82, 2.24) is 15.1 Å². The number of aromatic nitrogens is 2. The Morgan fingerprint density at radius 1 is 1.27 bits per heavy atom. The lowest BCUT2D eigenvalue weighted by Crippen LogP contribution is -2.32. The molecule has 1 aliphatic carbocycles. The van der Waals surface area contributed by atoms with Crippen LogP contribution in [-0.2, 0) is 6.42 Å². The Balaban J connectivity index is 1.50. The van der Waals surface area contributed by atoms with Gasteiger partial charge in [0.15, 0.2) is 0 Å². The maximum atomic E-state index is 13.0. The molecular weight excluding hydrogens is 398 g/mol. The summed E-state index contributed by atoms with van der Waals surface area (Å²) in [5, 5.41) is 17.9. The summed E-state index contributed by atoms with van der Waals surface area (Å²) in [6.07, 6.45) is 4.47. The summed E-state index contributed by atoms with van der Waals surface area (Å²) in [4.78, 5) is 13.0. The highest BCUT2D eigenvalue weighted by atomic mass is 35.5. The topological polar surface area (TPSA) is 67.2 Å². The molecule has 0 radical (unpaired) electrons. The van der Waals surface area contributed by atoms with Gasteiger partial charge in [-0.25, -0.2) is 4.68 Å². The van der Waals surface area contributed by atoms with Gasteiger partial charge in [0.05, 0.1) is 23.1 Å². The van der Waals surface area contributed by atoms with Gasteiger partial charge in [0.25, 0.3) is 5.91 Å². The molecule has 30 heavy (non-hydrogen) atoms. The average Bonchev–Trinajstić information content (AvgIpc) is 3.51. The van der Waals surface area contributed by atoms with Crippen LogP contribution in [0.5, 0.6) is 0 Å². The second kappa shape index (κ2) is 9.02. The van der Waals surface area contributed by atoms with Gasteiger partial charge >= 0.3 is 0 Å². The van der Waals surface area contributed by atoms with E-state index in [4.69, 9.17) is 11.6 Å².